The molecule has 1 aliphatic rings. The van der Waals surface area contributed by atoms with Gasteiger partial charge in [-0.05, 0) is 17.2 Å². The van der Waals surface area contributed by atoms with Gasteiger partial charge in [-0.3, -0.25) is 4.98 Å². The van der Waals surface area contributed by atoms with Gasteiger partial charge in [0.1, 0.15) is 5.92 Å². The van der Waals surface area contributed by atoms with Crippen LogP contribution in [0.15, 0.2) is 42.6 Å². The van der Waals surface area contributed by atoms with E-state index in [0.717, 1.165) is 22.4 Å². The zero-order valence-electron chi connectivity index (χ0n) is 8.01. The van der Waals surface area contributed by atoms with Crippen LogP contribution in [0.2, 0.25) is 0 Å². The first-order chi connectivity index (χ1) is 7.42. The molecule has 1 aromatic heterocycles. The highest BCUT2D eigenvalue weighted by Gasteiger charge is 2.28. The van der Waals surface area contributed by atoms with Crippen molar-refractivity contribution in [2.45, 2.75) is 5.92 Å². The molecule has 0 amide bonds. The second-order valence-corrected chi connectivity index (χ2v) is 3.59. The maximum atomic E-state index is 9.17. The van der Waals surface area contributed by atoms with Gasteiger partial charge in [0.15, 0.2) is 0 Å². The lowest BCUT2D eigenvalue weighted by molar-refractivity contribution is 1.01. The lowest BCUT2D eigenvalue weighted by Crippen LogP contribution is -1.94. The zero-order chi connectivity index (χ0) is 10.3. The predicted molar refractivity (Wildman–Crippen MR) is 57.1 cm³/mol. The number of pyridine rings is 1. The molecule has 3 rings (SSSR count). The largest absolute Gasteiger partial charge is 0.259 e. The molecule has 1 aliphatic carbocycles. The van der Waals surface area contributed by atoms with Crippen LogP contribution in [0.5, 0.6) is 0 Å². The molecule has 0 saturated heterocycles. The topological polar surface area (TPSA) is 36.7 Å². The van der Waals surface area contributed by atoms with Crippen molar-refractivity contribution in [3.05, 3.63) is 53.9 Å². The highest BCUT2D eigenvalue weighted by Crippen LogP contribution is 2.42. The third kappa shape index (κ3) is 1.01. The average molecular weight is 192 g/mol. The van der Waals surface area contributed by atoms with E-state index in [1.807, 2.05) is 36.4 Å². The van der Waals surface area contributed by atoms with Crippen molar-refractivity contribution in [2.75, 3.05) is 0 Å². The summed E-state index contributed by atoms with van der Waals surface area (Å²) in [6.07, 6.45) is 1.75. The van der Waals surface area contributed by atoms with Gasteiger partial charge in [0.05, 0.1) is 11.8 Å². The maximum absolute atomic E-state index is 9.17. The molecule has 0 fully saturated rings. The molecule has 0 aliphatic heterocycles. The minimum absolute atomic E-state index is 0.197. The molecule has 1 aromatic carbocycles. The summed E-state index contributed by atoms with van der Waals surface area (Å²) in [7, 11) is 0. The van der Waals surface area contributed by atoms with E-state index in [-0.39, 0.29) is 5.92 Å². The lowest BCUT2D eigenvalue weighted by atomic mass is 10.0. The summed E-state index contributed by atoms with van der Waals surface area (Å²) in [5, 5.41) is 9.17. The van der Waals surface area contributed by atoms with Crippen LogP contribution in [0.25, 0.3) is 11.1 Å². The molecule has 1 heterocycles. The van der Waals surface area contributed by atoms with Crippen LogP contribution in [-0.2, 0) is 0 Å². The van der Waals surface area contributed by atoms with E-state index < -0.39 is 0 Å². The van der Waals surface area contributed by atoms with Crippen LogP contribution in [0.1, 0.15) is 17.2 Å². The minimum atomic E-state index is -0.197. The van der Waals surface area contributed by atoms with Crippen molar-refractivity contribution < 1.29 is 0 Å². The van der Waals surface area contributed by atoms with E-state index in [1.165, 1.54) is 0 Å². The second kappa shape index (κ2) is 2.93. The highest BCUT2D eigenvalue weighted by molar-refractivity contribution is 5.78. The van der Waals surface area contributed by atoms with Crippen LogP contribution < -0.4 is 0 Å². The SMILES string of the molecule is N#CC1c2ccccc2-c2cccnc21. The van der Waals surface area contributed by atoms with Gasteiger partial charge < -0.3 is 0 Å². The van der Waals surface area contributed by atoms with E-state index in [0.29, 0.717) is 0 Å². The van der Waals surface area contributed by atoms with E-state index in [4.69, 9.17) is 5.26 Å². The average Bonchev–Trinajstić information content (AvgIpc) is 2.63. The molecule has 1 unspecified atom stereocenters. The number of nitriles is 1. The fraction of sp³-hybridized carbons (Fsp3) is 0.0769. The Bertz CT molecular complexity index is 521. The second-order valence-electron chi connectivity index (χ2n) is 3.59. The highest BCUT2D eigenvalue weighted by atomic mass is 14.7. The van der Waals surface area contributed by atoms with E-state index in [1.54, 1.807) is 6.20 Å². The summed E-state index contributed by atoms with van der Waals surface area (Å²) in [5.74, 6) is -0.197. The molecular formula is C13H8N2. The van der Waals surface area contributed by atoms with Crippen LogP contribution in [0.3, 0.4) is 0 Å². The molecule has 2 heteroatoms. The molecule has 70 valence electrons. The van der Waals surface area contributed by atoms with Crippen LogP contribution in [-0.4, -0.2) is 4.98 Å². The van der Waals surface area contributed by atoms with Gasteiger partial charge in [-0.25, -0.2) is 0 Å². The van der Waals surface area contributed by atoms with Crippen molar-refractivity contribution in [2.24, 2.45) is 0 Å². The Balaban J connectivity index is 2.37. The number of benzene rings is 1. The maximum Gasteiger partial charge on any atom is 0.115 e. The number of nitrogens with zero attached hydrogens (tertiary/aromatic N) is 2. The number of hydrogen-bond acceptors (Lipinski definition) is 2. The Hall–Kier alpha value is -2.14. The first kappa shape index (κ1) is 8.19. The quantitative estimate of drug-likeness (QED) is 0.643. The summed E-state index contributed by atoms with van der Waals surface area (Å²) >= 11 is 0. The summed E-state index contributed by atoms with van der Waals surface area (Å²) < 4.78 is 0. The smallest absolute Gasteiger partial charge is 0.115 e. The van der Waals surface area contributed by atoms with Crippen molar-refractivity contribution in [1.29, 1.82) is 5.26 Å². The Morgan fingerprint density at radius 3 is 2.73 bits per heavy atom. The number of rotatable bonds is 0. The van der Waals surface area contributed by atoms with Gasteiger partial charge >= 0.3 is 0 Å². The van der Waals surface area contributed by atoms with E-state index in [2.05, 4.69) is 11.1 Å². The summed E-state index contributed by atoms with van der Waals surface area (Å²) in [5.41, 5.74) is 4.21. The summed E-state index contributed by atoms with van der Waals surface area (Å²) in [6, 6.07) is 14.3. The first-order valence-corrected chi connectivity index (χ1v) is 4.85. The van der Waals surface area contributed by atoms with Crippen molar-refractivity contribution in [1.82, 2.24) is 4.98 Å². The molecule has 0 radical (unpaired) electrons. The van der Waals surface area contributed by atoms with Crippen LogP contribution in [0.4, 0.5) is 0 Å². The summed E-state index contributed by atoms with van der Waals surface area (Å²) in [4.78, 5) is 4.30. The van der Waals surface area contributed by atoms with Gasteiger partial charge in [-0.1, -0.05) is 30.3 Å². The van der Waals surface area contributed by atoms with Crippen LogP contribution >= 0.6 is 0 Å². The van der Waals surface area contributed by atoms with Crippen molar-refractivity contribution in [3.8, 4) is 17.2 Å². The molecule has 0 spiro atoms. The predicted octanol–water partition coefficient (Wildman–Crippen LogP) is 2.72. The molecule has 0 saturated carbocycles. The monoisotopic (exact) mass is 192 g/mol. The third-order valence-corrected chi connectivity index (χ3v) is 2.80. The van der Waals surface area contributed by atoms with Gasteiger partial charge in [-0.2, -0.15) is 5.26 Å². The van der Waals surface area contributed by atoms with E-state index in [9.17, 15) is 0 Å². The Kier molecular flexibility index (Phi) is 1.60. The molecule has 1 atom stereocenters. The normalized spacial score (nSPS) is 16.6. The Labute approximate surface area is 87.8 Å². The molecule has 2 aromatic rings. The fourth-order valence-corrected chi connectivity index (χ4v) is 2.15. The number of hydrogen-bond donors (Lipinski definition) is 0. The lowest BCUT2D eigenvalue weighted by Gasteiger charge is -2.00. The molecule has 0 N–H and O–H groups in total. The van der Waals surface area contributed by atoms with Gasteiger partial charge in [0.2, 0.25) is 0 Å². The van der Waals surface area contributed by atoms with E-state index >= 15 is 0 Å². The van der Waals surface area contributed by atoms with Crippen LogP contribution in [0, 0.1) is 11.3 Å². The van der Waals surface area contributed by atoms with Gasteiger partial charge in [-0.15, -0.1) is 0 Å². The van der Waals surface area contributed by atoms with Crippen molar-refractivity contribution >= 4 is 0 Å². The minimum Gasteiger partial charge on any atom is -0.259 e. The standard InChI is InChI=1S/C13H8N2/c14-8-12-10-5-2-1-4-9(10)11-6-3-7-15-13(11)12/h1-7,12H. The zero-order valence-corrected chi connectivity index (χ0v) is 8.01. The molecule has 0 bridgehead atoms. The molecular weight excluding hydrogens is 184 g/mol. The Morgan fingerprint density at radius 2 is 1.87 bits per heavy atom. The third-order valence-electron chi connectivity index (χ3n) is 2.80. The Morgan fingerprint density at radius 1 is 1.07 bits per heavy atom. The first-order valence-electron chi connectivity index (χ1n) is 4.85. The van der Waals surface area contributed by atoms with Gasteiger partial charge in [0.25, 0.3) is 0 Å². The van der Waals surface area contributed by atoms with Crippen molar-refractivity contribution in [3.63, 3.8) is 0 Å². The number of aromatic nitrogens is 1. The summed E-state index contributed by atoms with van der Waals surface area (Å²) in [6.45, 7) is 0. The number of fused-ring (bicyclic) bond motifs is 3. The fourth-order valence-electron chi connectivity index (χ4n) is 2.15. The molecule has 2 nitrogen and oxygen atoms in total. The molecule has 15 heavy (non-hydrogen) atoms. The van der Waals surface area contributed by atoms with Gasteiger partial charge in [0, 0.05) is 11.8 Å².